The first-order chi connectivity index (χ1) is 20.1. The zero-order valence-corrected chi connectivity index (χ0v) is 27.8. The van der Waals surface area contributed by atoms with E-state index in [4.69, 9.17) is 0 Å². The Hall–Kier alpha value is -2.47. The lowest BCUT2D eigenvalue weighted by molar-refractivity contribution is -0.150. The number of Topliss-reactive ketones (excluding diaryl/α,β-unsaturated/α-hetero) is 1. The molecule has 0 unspecified atom stereocenters. The molecule has 1 spiro atoms. The van der Waals surface area contributed by atoms with Gasteiger partial charge in [-0.05, 0) is 68.4 Å². The van der Waals surface area contributed by atoms with Crippen LogP contribution in [0.1, 0.15) is 105 Å². The molecule has 2 saturated heterocycles. The molecule has 1 aromatic heterocycles. The highest BCUT2D eigenvalue weighted by molar-refractivity contribution is 8.18. The Morgan fingerprint density at radius 1 is 1.00 bits per heavy atom. The highest BCUT2D eigenvalue weighted by atomic mass is 32.2. The van der Waals surface area contributed by atoms with Crippen LogP contribution >= 0.6 is 23.5 Å². The standard InChI is InChI=1S/C31H46N4O6S2/c1-17-18(2)32-24(22(17)19(3)36)27(38)33-23(20-11-8-7-9-12-20)26(37)34-25(30(4,5)6)28(39)35-16-31(15-21(35)29(40)41)42-13-10-14-43-31/h20-21,23,25,32H,7-16H2,1-6H3,(H,33,38)(H,34,37)(H,40,41)/t21-,23-,25+/m0/s1. The molecule has 2 aliphatic heterocycles. The molecule has 12 heteroatoms. The van der Waals surface area contributed by atoms with Gasteiger partial charge in [0.05, 0.1) is 9.64 Å². The minimum absolute atomic E-state index is 0.133. The molecule has 4 rings (SSSR count). The summed E-state index contributed by atoms with van der Waals surface area (Å²) in [6, 6.07) is -2.88. The van der Waals surface area contributed by atoms with Gasteiger partial charge in [0.15, 0.2) is 5.78 Å². The molecule has 3 fully saturated rings. The lowest BCUT2D eigenvalue weighted by Crippen LogP contribution is -2.61. The summed E-state index contributed by atoms with van der Waals surface area (Å²) >= 11 is 3.45. The summed E-state index contributed by atoms with van der Waals surface area (Å²) in [6.45, 7) is 10.8. The van der Waals surface area contributed by atoms with Gasteiger partial charge in [0.25, 0.3) is 5.91 Å². The second-order valence-corrected chi connectivity index (χ2v) is 16.5. The van der Waals surface area contributed by atoms with E-state index in [1.54, 1.807) is 37.4 Å². The van der Waals surface area contributed by atoms with Crippen molar-refractivity contribution in [3.05, 3.63) is 22.5 Å². The fourth-order valence-corrected chi connectivity index (χ4v) is 9.92. The monoisotopic (exact) mass is 634 g/mol. The Labute approximate surface area is 262 Å². The van der Waals surface area contributed by atoms with Crippen LogP contribution < -0.4 is 10.6 Å². The quantitative estimate of drug-likeness (QED) is 0.310. The van der Waals surface area contributed by atoms with E-state index in [1.807, 2.05) is 20.8 Å². The number of amides is 3. The number of ketones is 1. The van der Waals surface area contributed by atoms with Crippen LogP contribution in [0.2, 0.25) is 0 Å². The molecule has 0 bridgehead atoms. The molecule has 0 aromatic carbocycles. The summed E-state index contributed by atoms with van der Waals surface area (Å²) in [5.41, 5.74) is 1.11. The summed E-state index contributed by atoms with van der Waals surface area (Å²) in [5, 5.41) is 16.0. The Bertz CT molecular complexity index is 1260. The van der Waals surface area contributed by atoms with Crippen LogP contribution in [-0.4, -0.2) is 84.7 Å². The predicted molar refractivity (Wildman–Crippen MR) is 170 cm³/mol. The van der Waals surface area contributed by atoms with E-state index in [-0.39, 0.29) is 21.5 Å². The lowest BCUT2D eigenvalue weighted by Gasteiger charge is -2.37. The zero-order valence-electron chi connectivity index (χ0n) is 26.1. The molecule has 3 atom stereocenters. The third kappa shape index (κ3) is 7.27. The Morgan fingerprint density at radius 3 is 2.19 bits per heavy atom. The fraction of sp³-hybridized carbons (Fsp3) is 0.710. The number of H-pyrrole nitrogens is 1. The third-order valence-corrected chi connectivity index (χ3v) is 12.4. The van der Waals surface area contributed by atoms with E-state index in [9.17, 15) is 29.1 Å². The normalized spacial score (nSPS) is 22.2. The van der Waals surface area contributed by atoms with Crippen molar-refractivity contribution in [2.45, 2.75) is 109 Å². The Balaban J connectivity index is 1.61. The number of hydrogen-bond donors (Lipinski definition) is 4. The summed E-state index contributed by atoms with van der Waals surface area (Å²) in [5.74, 6) is -0.993. The molecular formula is C31H46N4O6S2. The summed E-state index contributed by atoms with van der Waals surface area (Å²) in [7, 11) is 0. The zero-order chi connectivity index (χ0) is 31.7. The number of aliphatic carboxylic acids is 1. The van der Waals surface area contributed by atoms with Crippen LogP contribution in [-0.2, 0) is 14.4 Å². The molecule has 238 valence electrons. The number of carboxylic acid groups (broad SMARTS) is 1. The number of thioether (sulfide) groups is 2. The van der Waals surface area contributed by atoms with E-state index in [0.29, 0.717) is 29.8 Å². The van der Waals surface area contributed by atoms with Gasteiger partial charge in [-0.25, -0.2) is 4.79 Å². The number of hydrogen-bond acceptors (Lipinski definition) is 7. The van der Waals surface area contributed by atoms with Gasteiger partial charge in [0.1, 0.15) is 23.8 Å². The minimum atomic E-state index is -1.04. The van der Waals surface area contributed by atoms with Crippen molar-refractivity contribution < 1.29 is 29.1 Å². The molecule has 3 aliphatic rings. The van der Waals surface area contributed by atoms with Crippen molar-refractivity contribution in [2.24, 2.45) is 11.3 Å². The summed E-state index contributed by atoms with van der Waals surface area (Å²) < 4.78 is -0.358. The number of aromatic amines is 1. The first-order valence-electron chi connectivity index (χ1n) is 15.3. The Morgan fingerprint density at radius 2 is 1.63 bits per heavy atom. The molecule has 3 amide bonds. The van der Waals surface area contributed by atoms with Crippen LogP contribution in [0.25, 0.3) is 0 Å². The number of likely N-dealkylation sites (tertiary alicyclic amines) is 1. The second-order valence-electron chi connectivity index (χ2n) is 13.3. The number of nitrogens with zero attached hydrogens (tertiary/aromatic N) is 1. The molecule has 3 heterocycles. The van der Waals surface area contributed by atoms with E-state index >= 15 is 0 Å². The average Bonchev–Trinajstić information content (AvgIpc) is 3.47. The van der Waals surface area contributed by atoms with Crippen molar-refractivity contribution in [1.82, 2.24) is 20.5 Å². The van der Waals surface area contributed by atoms with E-state index in [2.05, 4.69) is 15.6 Å². The van der Waals surface area contributed by atoms with Gasteiger partial charge in [0.2, 0.25) is 11.8 Å². The number of carbonyl (C=O) groups is 5. The van der Waals surface area contributed by atoms with Gasteiger partial charge in [0, 0.05) is 18.7 Å². The van der Waals surface area contributed by atoms with E-state index < -0.39 is 47.2 Å². The largest absolute Gasteiger partial charge is 0.480 e. The number of rotatable bonds is 8. The van der Waals surface area contributed by atoms with Crippen molar-refractivity contribution in [2.75, 3.05) is 18.1 Å². The topological polar surface area (TPSA) is 149 Å². The molecule has 1 aliphatic carbocycles. The maximum absolute atomic E-state index is 14.2. The fourth-order valence-electron chi connectivity index (χ4n) is 6.57. The van der Waals surface area contributed by atoms with Gasteiger partial charge in [-0.3, -0.25) is 19.2 Å². The highest BCUT2D eigenvalue weighted by Gasteiger charge is 2.53. The molecule has 10 nitrogen and oxygen atoms in total. The Kier molecular flexibility index (Phi) is 10.3. The highest BCUT2D eigenvalue weighted by Crippen LogP contribution is 2.50. The van der Waals surface area contributed by atoms with E-state index in [0.717, 1.165) is 50.0 Å². The van der Waals surface area contributed by atoms with Gasteiger partial charge >= 0.3 is 5.97 Å². The van der Waals surface area contributed by atoms with Crippen LogP contribution in [0, 0.1) is 25.2 Å². The van der Waals surface area contributed by atoms with Crippen LogP contribution in [0.5, 0.6) is 0 Å². The maximum atomic E-state index is 14.2. The molecule has 1 saturated carbocycles. The van der Waals surface area contributed by atoms with Gasteiger partial charge in [-0.1, -0.05) is 40.0 Å². The lowest BCUT2D eigenvalue weighted by atomic mass is 9.82. The van der Waals surface area contributed by atoms with Crippen molar-refractivity contribution in [3.8, 4) is 0 Å². The number of aryl methyl sites for hydroxylation is 1. The predicted octanol–water partition coefficient (Wildman–Crippen LogP) is 4.30. The van der Waals surface area contributed by atoms with Crippen LogP contribution in [0.15, 0.2) is 0 Å². The molecule has 43 heavy (non-hydrogen) atoms. The molecule has 1 aromatic rings. The second kappa shape index (κ2) is 13.3. The van der Waals surface area contributed by atoms with Crippen LogP contribution in [0.4, 0.5) is 0 Å². The van der Waals surface area contributed by atoms with Crippen molar-refractivity contribution in [3.63, 3.8) is 0 Å². The number of carboxylic acids is 1. The molecule has 4 N–H and O–H groups in total. The smallest absolute Gasteiger partial charge is 0.326 e. The SMILES string of the molecule is CC(=O)c1c(C(=O)N[C@H](C(=O)N[C@H](C(=O)N2CC3(C[C@H]2C(=O)O)SCCCS3)C(C)(C)C)C2CCCCC2)[nH]c(C)c1C. The first kappa shape index (κ1) is 33.4. The van der Waals surface area contributed by atoms with Gasteiger partial charge in [-0.15, -0.1) is 23.5 Å². The third-order valence-electron chi connectivity index (χ3n) is 9.05. The number of carbonyl (C=O) groups excluding carboxylic acids is 4. The number of nitrogens with one attached hydrogen (secondary N) is 3. The first-order valence-corrected chi connectivity index (χ1v) is 17.2. The summed E-state index contributed by atoms with van der Waals surface area (Å²) in [4.78, 5) is 71.1. The molecule has 0 radical (unpaired) electrons. The average molecular weight is 635 g/mol. The summed E-state index contributed by atoms with van der Waals surface area (Å²) in [6.07, 6.45) is 5.82. The minimum Gasteiger partial charge on any atom is -0.480 e. The van der Waals surface area contributed by atoms with Gasteiger partial charge in [-0.2, -0.15) is 0 Å². The maximum Gasteiger partial charge on any atom is 0.326 e. The van der Waals surface area contributed by atoms with Crippen molar-refractivity contribution >= 4 is 53.0 Å². The van der Waals surface area contributed by atoms with E-state index in [1.165, 1.54) is 11.8 Å². The van der Waals surface area contributed by atoms with Gasteiger partial charge < -0.3 is 25.6 Å². The molecular weight excluding hydrogens is 588 g/mol. The van der Waals surface area contributed by atoms with Crippen LogP contribution in [0.3, 0.4) is 0 Å². The van der Waals surface area contributed by atoms with Crippen molar-refractivity contribution in [1.29, 1.82) is 0 Å². The number of aromatic nitrogens is 1.